The molecule has 0 aliphatic carbocycles. The minimum Gasteiger partial charge on any atom is -0.383 e. The van der Waals surface area contributed by atoms with E-state index in [9.17, 15) is 0 Å². The predicted octanol–water partition coefficient (Wildman–Crippen LogP) is 0.976. The van der Waals surface area contributed by atoms with Crippen LogP contribution in [0.2, 0.25) is 0 Å². The van der Waals surface area contributed by atoms with Crippen molar-refractivity contribution in [2.45, 2.75) is 20.8 Å². The molecule has 1 rings (SSSR count). The van der Waals surface area contributed by atoms with E-state index in [1.165, 1.54) is 0 Å². The fraction of sp³-hybridized carbons (Fsp3) is 0.429. The molecule has 62 valence electrons. The zero-order chi connectivity index (χ0) is 8.85. The zero-order valence-electron chi connectivity index (χ0n) is 7.13. The topological polar surface area (TPSA) is 77.8 Å². The summed E-state index contributed by atoms with van der Waals surface area (Å²) in [5.74, 6) is 0.667. The third-order valence-corrected chi connectivity index (χ3v) is 1.03. The first-order chi connectivity index (χ1) is 5.20. The van der Waals surface area contributed by atoms with Crippen LogP contribution in [0.3, 0.4) is 0 Å². The Morgan fingerprint density at radius 3 is 2.18 bits per heavy atom. The second kappa shape index (κ2) is 4.49. The first-order valence-corrected chi connectivity index (χ1v) is 3.55. The monoisotopic (exact) mass is 154 g/mol. The van der Waals surface area contributed by atoms with Crippen molar-refractivity contribution in [2.24, 2.45) is 0 Å². The van der Waals surface area contributed by atoms with Gasteiger partial charge in [-0.2, -0.15) is 4.98 Å². The normalized spacial score (nSPS) is 8.27. The average Bonchev–Trinajstić information content (AvgIpc) is 2.02. The fourth-order valence-electron chi connectivity index (χ4n) is 0.470. The molecule has 0 saturated heterocycles. The smallest absolute Gasteiger partial charge is 0.221 e. The van der Waals surface area contributed by atoms with Crippen LogP contribution in [0.1, 0.15) is 19.4 Å². The molecule has 1 aromatic heterocycles. The molecule has 0 amide bonds. The highest BCUT2D eigenvalue weighted by molar-refractivity contribution is 5.39. The van der Waals surface area contributed by atoms with Gasteiger partial charge in [0.05, 0.1) is 0 Å². The van der Waals surface area contributed by atoms with E-state index < -0.39 is 0 Å². The summed E-state index contributed by atoms with van der Waals surface area (Å²) in [5, 5.41) is 0. The predicted molar refractivity (Wildman–Crippen MR) is 46.9 cm³/mol. The summed E-state index contributed by atoms with van der Waals surface area (Å²) in [6.07, 6.45) is 1.59. The molecule has 0 spiro atoms. The molecule has 0 atom stereocenters. The molecule has 0 aliphatic rings. The third-order valence-electron chi connectivity index (χ3n) is 1.03. The highest BCUT2D eigenvalue weighted by Gasteiger charge is 1.93. The van der Waals surface area contributed by atoms with E-state index in [1.807, 2.05) is 20.8 Å². The molecule has 4 N–H and O–H groups in total. The Hall–Kier alpha value is -1.32. The minimum atomic E-state index is 0.220. The van der Waals surface area contributed by atoms with Crippen molar-refractivity contribution in [1.82, 2.24) is 9.97 Å². The molecule has 4 heteroatoms. The van der Waals surface area contributed by atoms with E-state index in [0.29, 0.717) is 5.82 Å². The number of anilines is 2. The van der Waals surface area contributed by atoms with Crippen LogP contribution >= 0.6 is 0 Å². The highest BCUT2D eigenvalue weighted by atomic mass is 15.0. The minimum absolute atomic E-state index is 0.220. The summed E-state index contributed by atoms with van der Waals surface area (Å²) in [5.41, 5.74) is 11.5. The van der Waals surface area contributed by atoms with E-state index in [1.54, 1.807) is 6.20 Å². The van der Waals surface area contributed by atoms with Gasteiger partial charge in [0, 0.05) is 11.8 Å². The number of rotatable bonds is 0. The van der Waals surface area contributed by atoms with E-state index in [4.69, 9.17) is 11.5 Å². The van der Waals surface area contributed by atoms with Crippen molar-refractivity contribution >= 4 is 11.8 Å². The van der Waals surface area contributed by atoms with Crippen molar-refractivity contribution < 1.29 is 0 Å². The summed E-state index contributed by atoms with van der Waals surface area (Å²) in [7, 11) is 0. The lowest BCUT2D eigenvalue weighted by atomic mass is 10.4. The largest absolute Gasteiger partial charge is 0.383 e. The van der Waals surface area contributed by atoms with Crippen LogP contribution in [0.5, 0.6) is 0 Å². The van der Waals surface area contributed by atoms with Gasteiger partial charge >= 0.3 is 0 Å². The standard InChI is InChI=1S/C5H8N4.C2H6/c1-3-2-8-5(7)9-4(3)6;1-2/h2H,1H3,(H4,6,7,8,9);1-2H3. The highest BCUT2D eigenvalue weighted by Crippen LogP contribution is 2.04. The summed E-state index contributed by atoms with van der Waals surface area (Å²) >= 11 is 0. The van der Waals surface area contributed by atoms with Gasteiger partial charge in [0.2, 0.25) is 5.95 Å². The number of nitrogens with zero attached hydrogens (tertiary/aromatic N) is 2. The van der Waals surface area contributed by atoms with Crippen molar-refractivity contribution in [1.29, 1.82) is 0 Å². The maximum absolute atomic E-state index is 5.39. The molecule has 11 heavy (non-hydrogen) atoms. The quantitative estimate of drug-likeness (QED) is 0.583. The van der Waals surface area contributed by atoms with Crippen molar-refractivity contribution in [3.8, 4) is 0 Å². The van der Waals surface area contributed by atoms with Gasteiger partial charge in [0.1, 0.15) is 5.82 Å². The van der Waals surface area contributed by atoms with Crippen LogP contribution in [-0.4, -0.2) is 9.97 Å². The van der Waals surface area contributed by atoms with Crippen LogP contribution < -0.4 is 11.5 Å². The number of aryl methyl sites for hydroxylation is 1. The second-order valence-electron chi connectivity index (χ2n) is 1.80. The summed E-state index contributed by atoms with van der Waals surface area (Å²) < 4.78 is 0. The Kier molecular flexibility index (Phi) is 3.95. The van der Waals surface area contributed by atoms with E-state index >= 15 is 0 Å². The van der Waals surface area contributed by atoms with E-state index in [0.717, 1.165) is 5.56 Å². The van der Waals surface area contributed by atoms with Crippen LogP contribution in [-0.2, 0) is 0 Å². The number of nitrogen functional groups attached to an aromatic ring is 2. The molecule has 0 aliphatic heterocycles. The molecule has 0 unspecified atom stereocenters. The van der Waals surface area contributed by atoms with E-state index in [-0.39, 0.29) is 5.95 Å². The first-order valence-electron chi connectivity index (χ1n) is 3.55. The van der Waals surface area contributed by atoms with Gasteiger partial charge in [-0.15, -0.1) is 0 Å². The molecule has 1 heterocycles. The van der Waals surface area contributed by atoms with Gasteiger partial charge in [-0.3, -0.25) is 0 Å². The molecule has 1 aromatic rings. The van der Waals surface area contributed by atoms with Gasteiger partial charge in [-0.25, -0.2) is 4.98 Å². The van der Waals surface area contributed by atoms with Gasteiger partial charge in [0.15, 0.2) is 0 Å². The molecule has 0 aromatic carbocycles. The lowest BCUT2D eigenvalue weighted by Crippen LogP contribution is -2.00. The SMILES string of the molecule is CC.Cc1cnc(N)nc1N. The Balaban J connectivity index is 0.000000461. The number of hydrogen-bond donors (Lipinski definition) is 2. The molecule has 0 fully saturated rings. The van der Waals surface area contributed by atoms with Gasteiger partial charge in [-0.1, -0.05) is 13.8 Å². The van der Waals surface area contributed by atoms with Gasteiger partial charge < -0.3 is 11.5 Å². The summed E-state index contributed by atoms with van der Waals surface area (Å²) in [6, 6.07) is 0. The molecule has 4 nitrogen and oxygen atoms in total. The zero-order valence-corrected chi connectivity index (χ0v) is 7.13. The number of aromatic nitrogens is 2. The van der Waals surface area contributed by atoms with Crippen LogP contribution in [0.4, 0.5) is 11.8 Å². The molecular weight excluding hydrogens is 140 g/mol. The molecular formula is C7H14N4. The number of hydrogen-bond acceptors (Lipinski definition) is 4. The van der Waals surface area contributed by atoms with Crippen LogP contribution in [0, 0.1) is 6.92 Å². The first kappa shape index (κ1) is 9.68. The van der Waals surface area contributed by atoms with Crippen molar-refractivity contribution in [3.63, 3.8) is 0 Å². The summed E-state index contributed by atoms with van der Waals surface area (Å²) in [6.45, 7) is 5.83. The lowest BCUT2D eigenvalue weighted by Gasteiger charge is -1.96. The maximum Gasteiger partial charge on any atom is 0.221 e. The van der Waals surface area contributed by atoms with Crippen LogP contribution in [0.15, 0.2) is 6.20 Å². The maximum atomic E-state index is 5.39. The molecule has 0 bridgehead atoms. The van der Waals surface area contributed by atoms with Gasteiger partial charge in [0.25, 0.3) is 0 Å². The fourth-order valence-corrected chi connectivity index (χ4v) is 0.470. The Bertz CT molecular complexity index is 222. The van der Waals surface area contributed by atoms with E-state index in [2.05, 4.69) is 9.97 Å². The molecule has 0 saturated carbocycles. The average molecular weight is 154 g/mol. The summed E-state index contributed by atoms with van der Waals surface area (Å²) in [4.78, 5) is 7.44. The van der Waals surface area contributed by atoms with Gasteiger partial charge in [-0.05, 0) is 6.92 Å². The third kappa shape index (κ3) is 2.84. The Morgan fingerprint density at radius 1 is 1.27 bits per heavy atom. The Morgan fingerprint density at radius 2 is 1.82 bits per heavy atom. The van der Waals surface area contributed by atoms with Crippen LogP contribution in [0.25, 0.3) is 0 Å². The lowest BCUT2D eigenvalue weighted by molar-refractivity contribution is 1.16. The van der Waals surface area contributed by atoms with Crippen molar-refractivity contribution in [2.75, 3.05) is 11.5 Å². The number of nitrogens with two attached hydrogens (primary N) is 2. The molecule has 0 radical (unpaired) electrons. The van der Waals surface area contributed by atoms with Crippen molar-refractivity contribution in [3.05, 3.63) is 11.8 Å². The second-order valence-corrected chi connectivity index (χ2v) is 1.80. The Labute approximate surface area is 66.7 Å².